The minimum absolute atomic E-state index is 0.317. The highest BCUT2D eigenvalue weighted by Gasteiger charge is 2.23. The molecule has 0 saturated carbocycles. The summed E-state index contributed by atoms with van der Waals surface area (Å²) in [6, 6.07) is 9.96. The fourth-order valence-electron chi connectivity index (χ4n) is 4.00. The fourth-order valence-corrected chi connectivity index (χ4v) is 4.56. The van der Waals surface area contributed by atoms with Crippen LogP contribution in [0.1, 0.15) is 37.5 Å². The van der Waals surface area contributed by atoms with E-state index in [1.807, 2.05) is 39.0 Å². The molecule has 0 bridgehead atoms. The zero-order valence-electron chi connectivity index (χ0n) is 21.6. The van der Waals surface area contributed by atoms with Crippen molar-refractivity contribution in [3.63, 3.8) is 0 Å². The number of aromatic nitrogens is 3. The zero-order chi connectivity index (χ0) is 27.7. The second kappa shape index (κ2) is 10.2. The summed E-state index contributed by atoms with van der Waals surface area (Å²) in [6.45, 7) is 6.10. The minimum atomic E-state index is -3.48. The van der Waals surface area contributed by atoms with E-state index in [0.717, 1.165) is 11.8 Å². The van der Waals surface area contributed by atoms with Gasteiger partial charge in [0.15, 0.2) is 0 Å². The molecule has 0 radical (unpaired) electrons. The van der Waals surface area contributed by atoms with Crippen LogP contribution in [-0.4, -0.2) is 36.3 Å². The Kier molecular flexibility index (Phi) is 7.14. The van der Waals surface area contributed by atoms with E-state index < -0.39 is 21.3 Å². The Balaban J connectivity index is 1.89. The molecule has 198 valence electrons. The van der Waals surface area contributed by atoms with Gasteiger partial charge in [0.2, 0.25) is 15.9 Å². The van der Waals surface area contributed by atoms with E-state index in [0.29, 0.717) is 39.7 Å². The third-order valence-electron chi connectivity index (χ3n) is 5.68. The second-order valence-corrected chi connectivity index (χ2v) is 11.4. The van der Waals surface area contributed by atoms with Crippen molar-refractivity contribution in [1.29, 1.82) is 0 Å². The second-order valence-electron chi connectivity index (χ2n) is 9.69. The summed E-state index contributed by atoms with van der Waals surface area (Å²) in [5.41, 5.74) is 2.36. The third kappa shape index (κ3) is 5.94. The summed E-state index contributed by atoms with van der Waals surface area (Å²) in [6.07, 6.45) is 9.10. The topological polar surface area (TPSA) is 136 Å². The highest BCUT2D eigenvalue weighted by atomic mass is 32.2. The van der Waals surface area contributed by atoms with Crippen LogP contribution in [0.3, 0.4) is 0 Å². The molecule has 2 N–H and O–H groups in total. The number of oxazole rings is 1. The van der Waals surface area contributed by atoms with Crippen LogP contribution in [0.25, 0.3) is 29.3 Å². The summed E-state index contributed by atoms with van der Waals surface area (Å²) in [5, 5.41) is 0. The molecule has 2 aromatic heterocycles. The first-order valence-corrected chi connectivity index (χ1v) is 13.5. The Morgan fingerprint density at radius 2 is 1.82 bits per heavy atom. The maximum Gasteiger partial charge on any atom is 0.332 e. The summed E-state index contributed by atoms with van der Waals surface area (Å²) >= 11 is 0. The molecule has 38 heavy (non-hydrogen) atoms. The van der Waals surface area contributed by atoms with Crippen LogP contribution in [0.5, 0.6) is 5.75 Å². The summed E-state index contributed by atoms with van der Waals surface area (Å²) in [4.78, 5) is 30.7. The van der Waals surface area contributed by atoms with Crippen molar-refractivity contribution in [2.45, 2.75) is 26.2 Å². The van der Waals surface area contributed by atoms with E-state index in [1.165, 1.54) is 29.3 Å². The van der Waals surface area contributed by atoms with Crippen molar-refractivity contribution in [1.82, 2.24) is 14.5 Å². The Hall–Kier alpha value is -4.38. The molecule has 2 heterocycles. The number of anilines is 1. The molecule has 10 nitrogen and oxygen atoms in total. The third-order valence-corrected chi connectivity index (χ3v) is 6.28. The first kappa shape index (κ1) is 26.7. The highest BCUT2D eigenvalue weighted by molar-refractivity contribution is 7.92. The molecule has 2 aromatic carbocycles. The molecule has 0 atom stereocenters. The van der Waals surface area contributed by atoms with Crippen LogP contribution in [0, 0.1) is 0 Å². The summed E-state index contributed by atoms with van der Waals surface area (Å²) in [7, 11) is -1.90. The first-order valence-electron chi connectivity index (χ1n) is 11.6. The van der Waals surface area contributed by atoms with Crippen LogP contribution in [0.4, 0.5) is 5.69 Å². The minimum Gasteiger partial charge on any atom is -0.496 e. The molecule has 4 rings (SSSR count). The van der Waals surface area contributed by atoms with Crippen molar-refractivity contribution in [3.05, 3.63) is 92.6 Å². The smallest absolute Gasteiger partial charge is 0.332 e. The van der Waals surface area contributed by atoms with E-state index in [-0.39, 0.29) is 5.41 Å². The molecule has 0 spiro atoms. The maximum atomic E-state index is 12.5. The molecule has 0 fully saturated rings. The summed E-state index contributed by atoms with van der Waals surface area (Å²) in [5.74, 6) is 0.945. The zero-order valence-corrected chi connectivity index (χ0v) is 22.4. The average molecular weight is 537 g/mol. The lowest BCUT2D eigenvalue weighted by atomic mass is 9.84. The van der Waals surface area contributed by atoms with Gasteiger partial charge in [-0.2, -0.15) is 0 Å². The van der Waals surface area contributed by atoms with Gasteiger partial charge in [-0.3, -0.25) is 19.1 Å². The molecule has 0 saturated heterocycles. The lowest BCUT2D eigenvalue weighted by Crippen LogP contribution is -2.28. The quantitative estimate of drug-likeness (QED) is 0.340. The number of nitrogens with one attached hydrogen (secondary N) is 2. The molecule has 0 unspecified atom stereocenters. The lowest BCUT2D eigenvalue weighted by Gasteiger charge is -2.25. The van der Waals surface area contributed by atoms with Crippen molar-refractivity contribution in [2.24, 2.45) is 0 Å². The number of rotatable bonds is 7. The van der Waals surface area contributed by atoms with E-state index in [9.17, 15) is 18.0 Å². The van der Waals surface area contributed by atoms with Gasteiger partial charge < -0.3 is 9.15 Å². The molecule has 0 aliphatic rings. The van der Waals surface area contributed by atoms with Crippen molar-refractivity contribution >= 4 is 27.9 Å². The molecule has 0 amide bonds. The Morgan fingerprint density at radius 3 is 2.42 bits per heavy atom. The lowest BCUT2D eigenvalue weighted by molar-refractivity contribution is 0.396. The number of hydrogen-bond acceptors (Lipinski definition) is 7. The first-order chi connectivity index (χ1) is 17.9. The average Bonchev–Trinajstić information content (AvgIpc) is 3.36. The van der Waals surface area contributed by atoms with Crippen molar-refractivity contribution in [3.8, 4) is 22.9 Å². The number of methoxy groups -OCH3 is 1. The number of nitrogens with zero attached hydrogens (tertiary/aromatic N) is 2. The van der Waals surface area contributed by atoms with Crippen LogP contribution in [0.2, 0.25) is 0 Å². The van der Waals surface area contributed by atoms with E-state index in [4.69, 9.17) is 9.15 Å². The predicted molar refractivity (Wildman–Crippen MR) is 147 cm³/mol. The number of benzene rings is 2. The Bertz CT molecular complexity index is 1730. The molecule has 4 aromatic rings. The van der Waals surface area contributed by atoms with Gasteiger partial charge in [0, 0.05) is 34.6 Å². The highest BCUT2D eigenvalue weighted by Crippen LogP contribution is 2.37. The van der Waals surface area contributed by atoms with Crippen molar-refractivity contribution < 1.29 is 17.6 Å². The van der Waals surface area contributed by atoms with Crippen LogP contribution in [0.15, 0.2) is 69.1 Å². The Morgan fingerprint density at radius 1 is 1.08 bits per heavy atom. The SMILES string of the molecule is COc1c(/C=C/c2ccc(NS(C)(=O)=O)cc2-c2ncco2)cc(-n2ccc(=O)[nH]c2=O)cc1C(C)(C)C. The Labute approximate surface area is 219 Å². The molecule has 0 aliphatic carbocycles. The number of H-pyrrole nitrogens is 1. The standard InChI is InChI=1S/C27H28N4O6S/c1-27(2,3)22-16-20(31-12-10-23(32)29-26(31)33)14-18(24(22)36-4)7-6-17-8-9-19(30-38(5,34)35)15-21(17)25-28-11-13-37-25/h6-16,30H,1-5H3,(H,29,32,33)/b7-6+. The monoisotopic (exact) mass is 536 g/mol. The number of sulfonamides is 1. The van der Waals surface area contributed by atoms with Gasteiger partial charge in [-0.1, -0.05) is 39.0 Å². The van der Waals surface area contributed by atoms with E-state index in [2.05, 4.69) is 14.7 Å². The van der Waals surface area contributed by atoms with Gasteiger partial charge >= 0.3 is 5.69 Å². The van der Waals surface area contributed by atoms with E-state index >= 15 is 0 Å². The van der Waals surface area contributed by atoms with Gasteiger partial charge in [0.1, 0.15) is 12.0 Å². The van der Waals surface area contributed by atoms with Gasteiger partial charge in [-0.15, -0.1) is 0 Å². The molecular weight excluding hydrogens is 508 g/mol. The van der Waals surface area contributed by atoms with Crippen molar-refractivity contribution in [2.75, 3.05) is 18.1 Å². The van der Waals surface area contributed by atoms with Gasteiger partial charge in [0.05, 0.1) is 25.2 Å². The van der Waals surface area contributed by atoms with Gasteiger partial charge in [-0.25, -0.2) is 18.2 Å². The largest absolute Gasteiger partial charge is 0.496 e. The molecule has 0 aliphatic heterocycles. The number of hydrogen-bond donors (Lipinski definition) is 2. The normalized spacial score (nSPS) is 12.1. The summed E-state index contributed by atoms with van der Waals surface area (Å²) < 4.78 is 38.6. The van der Waals surface area contributed by atoms with Gasteiger partial charge in [0.25, 0.3) is 5.56 Å². The fraction of sp³-hybridized carbons (Fsp3) is 0.222. The maximum absolute atomic E-state index is 12.5. The predicted octanol–water partition coefficient (Wildman–Crippen LogP) is 4.03. The van der Waals surface area contributed by atoms with E-state index in [1.54, 1.807) is 31.4 Å². The number of aromatic amines is 1. The van der Waals surface area contributed by atoms with Crippen LogP contribution in [-0.2, 0) is 15.4 Å². The van der Waals surface area contributed by atoms with Crippen LogP contribution >= 0.6 is 0 Å². The molecular formula is C27H28N4O6S. The van der Waals surface area contributed by atoms with Gasteiger partial charge in [-0.05, 0) is 35.2 Å². The number of ether oxygens (including phenoxy) is 1. The van der Waals surface area contributed by atoms with Crippen LogP contribution < -0.4 is 20.7 Å². The molecule has 11 heteroatoms.